The van der Waals surface area contributed by atoms with Gasteiger partial charge < -0.3 is 10.8 Å². The van der Waals surface area contributed by atoms with Crippen LogP contribution in [0.3, 0.4) is 0 Å². The number of rotatable bonds is 4. The summed E-state index contributed by atoms with van der Waals surface area (Å²) in [5.41, 5.74) is 6.34. The Morgan fingerprint density at radius 3 is 2.74 bits per heavy atom. The lowest BCUT2D eigenvalue weighted by molar-refractivity contribution is -0.133. The Kier molecular flexibility index (Phi) is 4.18. The highest BCUT2D eigenvalue weighted by Crippen LogP contribution is 2.28. The topological polar surface area (TPSA) is 94.0 Å². The third-order valence-electron chi connectivity index (χ3n) is 2.14. The van der Waals surface area contributed by atoms with Crippen molar-refractivity contribution < 1.29 is 9.90 Å². The first-order chi connectivity index (χ1) is 8.99. The molecule has 0 aliphatic carbocycles. The van der Waals surface area contributed by atoms with Gasteiger partial charge in [-0.2, -0.15) is 0 Å². The first-order valence-electron chi connectivity index (χ1n) is 5.00. The van der Waals surface area contributed by atoms with Gasteiger partial charge in [0.2, 0.25) is 5.95 Å². The van der Waals surface area contributed by atoms with Gasteiger partial charge in [-0.3, -0.25) is 9.36 Å². The summed E-state index contributed by atoms with van der Waals surface area (Å²) in [7, 11) is 0. The quantitative estimate of drug-likeness (QED) is 0.840. The number of carboxylic acids is 1. The van der Waals surface area contributed by atoms with E-state index in [0.717, 1.165) is 11.8 Å². The van der Waals surface area contributed by atoms with Crippen LogP contribution in [0.4, 0.5) is 5.95 Å². The molecule has 0 aliphatic rings. The summed E-state index contributed by atoms with van der Waals surface area (Å²) in [5, 5.41) is 17.4. The molecule has 19 heavy (non-hydrogen) atoms. The number of aliphatic carboxylic acids is 1. The van der Waals surface area contributed by atoms with Crippen molar-refractivity contribution >= 4 is 46.9 Å². The van der Waals surface area contributed by atoms with E-state index in [1.807, 2.05) is 0 Å². The summed E-state index contributed by atoms with van der Waals surface area (Å²) in [5.74, 6) is -0.946. The van der Waals surface area contributed by atoms with Crippen LogP contribution in [0.25, 0.3) is 5.69 Å². The number of nitrogens with zero attached hydrogens (tertiary/aromatic N) is 3. The number of halogens is 2. The monoisotopic (exact) mass is 318 g/mol. The van der Waals surface area contributed by atoms with Crippen LogP contribution in [0.1, 0.15) is 0 Å². The molecule has 0 saturated heterocycles. The minimum Gasteiger partial charge on any atom is -0.481 e. The molecule has 2 aromatic rings. The highest BCUT2D eigenvalue weighted by molar-refractivity contribution is 7.99. The van der Waals surface area contributed by atoms with Gasteiger partial charge in [0.1, 0.15) is 0 Å². The molecule has 1 heterocycles. The first-order valence-corrected chi connectivity index (χ1v) is 6.74. The van der Waals surface area contributed by atoms with Crippen molar-refractivity contribution in [3.05, 3.63) is 28.2 Å². The summed E-state index contributed by atoms with van der Waals surface area (Å²) in [4.78, 5) is 10.6. The normalized spacial score (nSPS) is 10.6. The van der Waals surface area contributed by atoms with Gasteiger partial charge in [-0.15, -0.1) is 10.2 Å². The Morgan fingerprint density at radius 2 is 2.11 bits per heavy atom. The standard InChI is InChI=1S/C10H8Cl2N4O2S/c11-6-2-1-5(3-7(6)12)16-9(13)14-15-10(16)19-4-8(17)18/h1-3H,4H2,(H2,13,14)(H,17,18). The van der Waals surface area contributed by atoms with E-state index in [4.69, 9.17) is 34.0 Å². The smallest absolute Gasteiger partial charge is 0.313 e. The fraction of sp³-hybridized carbons (Fsp3) is 0.100. The van der Waals surface area contributed by atoms with Gasteiger partial charge in [-0.25, -0.2) is 0 Å². The zero-order valence-electron chi connectivity index (χ0n) is 9.38. The van der Waals surface area contributed by atoms with Gasteiger partial charge in [0.05, 0.1) is 21.5 Å². The van der Waals surface area contributed by atoms with E-state index in [0.29, 0.717) is 20.9 Å². The number of anilines is 1. The van der Waals surface area contributed by atoms with Crippen LogP contribution in [0, 0.1) is 0 Å². The van der Waals surface area contributed by atoms with E-state index in [2.05, 4.69) is 10.2 Å². The molecular formula is C10H8Cl2N4O2S. The van der Waals surface area contributed by atoms with Crippen LogP contribution in [0.2, 0.25) is 10.0 Å². The highest BCUT2D eigenvalue weighted by Gasteiger charge is 2.14. The van der Waals surface area contributed by atoms with Gasteiger partial charge in [0.25, 0.3) is 0 Å². The van der Waals surface area contributed by atoms with Crippen molar-refractivity contribution in [2.75, 3.05) is 11.5 Å². The van der Waals surface area contributed by atoms with Crippen molar-refractivity contribution in [1.82, 2.24) is 14.8 Å². The lowest BCUT2D eigenvalue weighted by Gasteiger charge is -2.08. The molecule has 3 N–H and O–H groups in total. The van der Waals surface area contributed by atoms with Crippen LogP contribution in [0.5, 0.6) is 0 Å². The summed E-state index contributed by atoms with van der Waals surface area (Å²) < 4.78 is 1.51. The maximum Gasteiger partial charge on any atom is 0.313 e. The van der Waals surface area contributed by atoms with Crippen LogP contribution in [0.15, 0.2) is 23.4 Å². The molecule has 0 fully saturated rings. The highest BCUT2D eigenvalue weighted by atomic mass is 35.5. The predicted molar refractivity (Wildman–Crippen MR) is 74.2 cm³/mol. The fourth-order valence-corrected chi connectivity index (χ4v) is 2.34. The van der Waals surface area contributed by atoms with E-state index in [9.17, 15) is 4.79 Å². The zero-order valence-corrected chi connectivity index (χ0v) is 11.7. The largest absolute Gasteiger partial charge is 0.481 e. The Hall–Kier alpha value is -1.44. The average Bonchev–Trinajstić information content (AvgIpc) is 2.71. The summed E-state index contributed by atoms with van der Waals surface area (Å²) in [6.45, 7) is 0. The lowest BCUT2D eigenvalue weighted by atomic mass is 10.3. The number of nitrogen functional groups attached to an aromatic ring is 1. The molecular weight excluding hydrogens is 311 g/mol. The van der Waals surface area contributed by atoms with Gasteiger partial charge in [0.15, 0.2) is 5.16 Å². The second-order valence-corrected chi connectivity index (χ2v) is 5.21. The molecule has 0 spiro atoms. The first kappa shape index (κ1) is 14.0. The van der Waals surface area contributed by atoms with Gasteiger partial charge in [-0.05, 0) is 18.2 Å². The maximum absolute atomic E-state index is 10.6. The second-order valence-electron chi connectivity index (χ2n) is 3.46. The number of carboxylic acid groups (broad SMARTS) is 1. The number of thioether (sulfide) groups is 1. The summed E-state index contributed by atoms with van der Waals surface area (Å²) in [6.07, 6.45) is 0. The number of hydrogen-bond acceptors (Lipinski definition) is 5. The minimum atomic E-state index is -0.952. The van der Waals surface area contributed by atoms with Crippen LogP contribution in [-0.4, -0.2) is 31.6 Å². The van der Waals surface area contributed by atoms with Crippen LogP contribution >= 0.6 is 35.0 Å². The third kappa shape index (κ3) is 3.12. The Morgan fingerprint density at radius 1 is 1.37 bits per heavy atom. The Balaban J connectivity index is 2.40. The van der Waals surface area contributed by atoms with Crippen LogP contribution in [-0.2, 0) is 4.79 Å². The maximum atomic E-state index is 10.6. The molecule has 6 nitrogen and oxygen atoms in total. The van der Waals surface area contributed by atoms with Gasteiger partial charge >= 0.3 is 5.97 Å². The molecule has 0 aliphatic heterocycles. The molecule has 1 aromatic heterocycles. The molecule has 0 radical (unpaired) electrons. The average molecular weight is 319 g/mol. The Labute approximate surface area is 122 Å². The molecule has 100 valence electrons. The Bertz CT molecular complexity index is 632. The predicted octanol–water partition coefficient (Wildman–Crippen LogP) is 2.33. The van der Waals surface area contributed by atoms with Crippen LogP contribution < -0.4 is 5.73 Å². The third-order valence-corrected chi connectivity index (χ3v) is 3.80. The van der Waals surface area contributed by atoms with Gasteiger partial charge in [-0.1, -0.05) is 35.0 Å². The van der Waals surface area contributed by atoms with Gasteiger partial charge in [0, 0.05) is 0 Å². The number of benzene rings is 1. The molecule has 0 atom stereocenters. The van der Waals surface area contributed by atoms with Crippen molar-refractivity contribution in [3.8, 4) is 5.69 Å². The zero-order chi connectivity index (χ0) is 14.0. The molecule has 2 rings (SSSR count). The minimum absolute atomic E-state index is 0.139. The molecule has 0 bridgehead atoms. The van der Waals surface area contributed by atoms with E-state index in [1.165, 1.54) is 4.57 Å². The number of hydrogen-bond donors (Lipinski definition) is 2. The number of nitrogens with two attached hydrogens (primary N) is 1. The lowest BCUT2D eigenvalue weighted by Crippen LogP contribution is -2.04. The van der Waals surface area contributed by atoms with E-state index in [1.54, 1.807) is 18.2 Å². The molecule has 1 aromatic carbocycles. The fourth-order valence-electron chi connectivity index (χ4n) is 1.37. The summed E-state index contributed by atoms with van der Waals surface area (Å²) in [6, 6.07) is 4.91. The molecule has 0 unspecified atom stereocenters. The van der Waals surface area contributed by atoms with E-state index < -0.39 is 5.97 Å². The molecule has 0 saturated carbocycles. The SMILES string of the molecule is Nc1nnc(SCC(=O)O)n1-c1ccc(Cl)c(Cl)c1. The van der Waals surface area contributed by atoms with Crippen molar-refractivity contribution in [2.45, 2.75) is 5.16 Å². The molecule has 0 amide bonds. The molecule has 9 heteroatoms. The number of aromatic nitrogens is 3. The number of carbonyl (C=O) groups is 1. The summed E-state index contributed by atoms with van der Waals surface area (Å²) >= 11 is 12.8. The van der Waals surface area contributed by atoms with E-state index in [-0.39, 0.29) is 11.7 Å². The van der Waals surface area contributed by atoms with E-state index >= 15 is 0 Å². The van der Waals surface area contributed by atoms with Crippen molar-refractivity contribution in [1.29, 1.82) is 0 Å². The van der Waals surface area contributed by atoms with Crippen molar-refractivity contribution in [3.63, 3.8) is 0 Å². The van der Waals surface area contributed by atoms with Crippen molar-refractivity contribution in [2.24, 2.45) is 0 Å². The second kappa shape index (κ2) is 5.68.